The van der Waals surface area contributed by atoms with Crippen LogP contribution in [-0.2, 0) is 17.7 Å². The summed E-state index contributed by atoms with van der Waals surface area (Å²) in [5.74, 6) is 1.68. The summed E-state index contributed by atoms with van der Waals surface area (Å²) >= 11 is 0. The van der Waals surface area contributed by atoms with E-state index < -0.39 is 0 Å². The first kappa shape index (κ1) is 12.6. The second-order valence-corrected chi connectivity index (χ2v) is 5.12. The van der Waals surface area contributed by atoms with Gasteiger partial charge in [-0.1, -0.05) is 13.8 Å². The molecule has 0 fully saturated rings. The summed E-state index contributed by atoms with van der Waals surface area (Å²) < 4.78 is 7.76. The van der Waals surface area contributed by atoms with Crippen LogP contribution in [0.1, 0.15) is 37.1 Å². The Morgan fingerprint density at radius 3 is 2.88 bits per heavy atom. The number of methoxy groups -OCH3 is 1. The molecule has 4 heteroatoms. The van der Waals surface area contributed by atoms with Gasteiger partial charge in [0.25, 0.3) is 0 Å². The van der Waals surface area contributed by atoms with Crippen LogP contribution in [0.3, 0.4) is 0 Å². The molecule has 1 atom stereocenters. The zero-order chi connectivity index (χ0) is 12.4. The first-order chi connectivity index (χ1) is 8.15. The molecule has 1 aromatic rings. The van der Waals surface area contributed by atoms with Crippen molar-refractivity contribution in [2.45, 2.75) is 39.8 Å². The van der Waals surface area contributed by atoms with Crippen molar-refractivity contribution in [3.05, 3.63) is 17.2 Å². The second-order valence-electron chi connectivity index (χ2n) is 5.12. The van der Waals surface area contributed by atoms with Crippen molar-refractivity contribution < 1.29 is 4.74 Å². The van der Waals surface area contributed by atoms with Crippen molar-refractivity contribution in [1.82, 2.24) is 14.9 Å². The van der Waals surface area contributed by atoms with Crippen LogP contribution in [0, 0.1) is 12.8 Å². The zero-order valence-electron chi connectivity index (χ0n) is 11.3. The largest absolute Gasteiger partial charge is 0.383 e. The highest BCUT2D eigenvalue weighted by Crippen LogP contribution is 2.26. The molecule has 0 radical (unpaired) electrons. The Bertz CT molecular complexity index is 384. The van der Waals surface area contributed by atoms with Crippen LogP contribution < -0.4 is 5.32 Å². The summed E-state index contributed by atoms with van der Waals surface area (Å²) in [5, 5.41) is 3.37. The van der Waals surface area contributed by atoms with E-state index in [0.717, 1.165) is 31.9 Å². The maximum atomic E-state index is 5.37. The van der Waals surface area contributed by atoms with Crippen molar-refractivity contribution in [3.8, 4) is 0 Å². The molecule has 4 nitrogen and oxygen atoms in total. The van der Waals surface area contributed by atoms with Crippen LogP contribution >= 0.6 is 0 Å². The van der Waals surface area contributed by atoms with Crippen LogP contribution in [0.4, 0.5) is 0 Å². The summed E-state index contributed by atoms with van der Waals surface area (Å²) in [7, 11) is 1.77. The Labute approximate surface area is 103 Å². The number of hydrogen-bond acceptors (Lipinski definition) is 3. The minimum atomic E-state index is 0.398. The van der Waals surface area contributed by atoms with E-state index in [1.807, 2.05) is 0 Å². The topological polar surface area (TPSA) is 39.1 Å². The van der Waals surface area contributed by atoms with Gasteiger partial charge < -0.3 is 14.6 Å². The lowest BCUT2D eigenvalue weighted by Gasteiger charge is -2.26. The third kappa shape index (κ3) is 2.38. The van der Waals surface area contributed by atoms with Gasteiger partial charge in [-0.3, -0.25) is 0 Å². The predicted molar refractivity (Wildman–Crippen MR) is 68.1 cm³/mol. The monoisotopic (exact) mass is 237 g/mol. The maximum absolute atomic E-state index is 5.37. The minimum absolute atomic E-state index is 0.398. The van der Waals surface area contributed by atoms with E-state index in [0.29, 0.717) is 12.0 Å². The lowest BCUT2D eigenvalue weighted by atomic mass is 10.0. The second kappa shape index (κ2) is 5.19. The third-order valence-electron chi connectivity index (χ3n) is 3.54. The highest BCUT2D eigenvalue weighted by atomic mass is 16.5. The molecule has 1 unspecified atom stereocenters. The maximum Gasteiger partial charge on any atom is 0.106 e. The zero-order valence-corrected chi connectivity index (χ0v) is 11.3. The van der Waals surface area contributed by atoms with Crippen LogP contribution in [0.5, 0.6) is 0 Å². The number of rotatable bonds is 4. The number of ether oxygens (including phenoxy) is 1. The molecule has 0 saturated heterocycles. The van der Waals surface area contributed by atoms with E-state index >= 15 is 0 Å². The van der Waals surface area contributed by atoms with E-state index in [-0.39, 0.29) is 0 Å². The quantitative estimate of drug-likeness (QED) is 0.866. The van der Waals surface area contributed by atoms with Crippen molar-refractivity contribution in [3.63, 3.8) is 0 Å². The van der Waals surface area contributed by atoms with Gasteiger partial charge in [0.15, 0.2) is 0 Å². The highest BCUT2D eigenvalue weighted by Gasteiger charge is 2.24. The van der Waals surface area contributed by atoms with Crippen molar-refractivity contribution >= 4 is 0 Å². The Morgan fingerprint density at radius 1 is 1.47 bits per heavy atom. The first-order valence-electron chi connectivity index (χ1n) is 6.41. The molecular formula is C13H23N3O. The fraction of sp³-hybridized carbons (Fsp3) is 0.769. The molecule has 17 heavy (non-hydrogen) atoms. The van der Waals surface area contributed by atoms with Crippen LogP contribution in [0.25, 0.3) is 0 Å². The summed E-state index contributed by atoms with van der Waals surface area (Å²) in [5.41, 5.74) is 2.62. The number of nitrogens with zero attached hydrogens (tertiary/aromatic N) is 2. The molecule has 2 rings (SSSR count). The summed E-state index contributed by atoms with van der Waals surface area (Å²) in [6.45, 7) is 9.31. The lowest BCUT2D eigenvalue weighted by Crippen LogP contribution is -2.28. The standard InChI is InChI=1S/C13H23N3O/c1-9(2)13(8-17-4)16-10(3)15-11-7-14-6-5-12(11)16/h9,13-14H,5-8H2,1-4H3. The minimum Gasteiger partial charge on any atom is -0.383 e. The molecule has 1 aromatic heterocycles. The van der Waals surface area contributed by atoms with Crippen molar-refractivity contribution in [1.29, 1.82) is 0 Å². The predicted octanol–water partition coefficient (Wildman–Crippen LogP) is 1.68. The van der Waals surface area contributed by atoms with Gasteiger partial charge in [-0.05, 0) is 12.8 Å². The number of hydrogen-bond donors (Lipinski definition) is 1. The molecule has 0 bridgehead atoms. The van der Waals surface area contributed by atoms with Gasteiger partial charge in [0, 0.05) is 32.3 Å². The highest BCUT2D eigenvalue weighted by molar-refractivity contribution is 5.21. The summed E-state index contributed by atoms with van der Waals surface area (Å²) in [4.78, 5) is 4.68. The number of aromatic nitrogens is 2. The van der Waals surface area contributed by atoms with E-state index in [1.54, 1.807) is 7.11 Å². The van der Waals surface area contributed by atoms with Crippen LogP contribution in [0.15, 0.2) is 0 Å². The molecular weight excluding hydrogens is 214 g/mol. The Hall–Kier alpha value is -0.870. The number of aryl methyl sites for hydroxylation is 1. The third-order valence-corrected chi connectivity index (χ3v) is 3.54. The van der Waals surface area contributed by atoms with Crippen LogP contribution in [-0.4, -0.2) is 29.8 Å². The van der Waals surface area contributed by atoms with E-state index in [2.05, 4.69) is 35.6 Å². The number of nitrogens with one attached hydrogen (secondary N) is 1. The fourth-order valence-corrected chi connectivity index (χ4v) is 2.64. The van der Waals surface area contributed by atoms with Gasteiger partial charge in [0.05, 0.1) is 18.3 Å². The van der Waals surface area contributed by atoms with Crippen molar-refractivity contribution in [2.24, 2.45) is 5.92 Å². The van der Waals surface area contributed by atoms with Gasteiger partial charge in [0.2, 0.25) is 0 Å². The molecule has 96 valence electrons. The summed E-state index contributed by atoms with van der Waals surface area (Å²) in [6.07, 6.45) is 1.07. The average Bonchev–Trinajstić information content (AvgIpc) is 2.62. The molecule has 0 spiro atoms. The smallest absolute Gasteiger partial charge is 0.106 e. The Morgan fingerprint density at radius 2 is 2.24 bits per heavy atom. The Balaban J connectivity index is 2.38. The average molecular weight is 237 g/mol. The molecule has 2 heterocycles. The van der Waals surface area contributed by atoms with E-state index in [1.165, 1.54) is 11.4 Å². The lowest BCUT2D eigenvalue weighted by molar-refractivity contribution is 0.130. The fourth-order valence-electron chi connectivity index (χ4n) is 2.64. The molecule has 0 aromatic carbocycles. The summed E-state index contributed by atoms with van der Waals surface area (Å²) in [6, 6.07) is 0.398. The van der Waals surface area contributed by atoms with Gasteiger partial charge in [-0.25, -0.2) is 4.98 Å². The molecule has 1 aliphatic rings. The Kier molecular flexibility index (Phi) is 3.84. The van der Waals surface area contributed by atoms with Gasteiger partial charge in [-0.2, -0.15) is 0 Å². The normalized spacial score (nSPS) is 17.2. The molecule has 1 N–H and O–H groups in total. The molecule has 0 saturated carbocycles. The number of fused-ring (bicyclic) bond motifs is 1. The number of imidazole rings is 1. The molecule has 1 aliphatic heterocycles. The van der Waals surface area contributed by atoms with Crippen molar-refractivity contribution in [2.75, 3.05) is 20.3 Å². The molecule has 0 aliphatic carbocycles. The van der Waals surface area contributed by atoms with Gasteiger partial charge in [0.1, 0.15) is 5.82 Å². The van der Waals surface area contributed by atoms with Gasteiger partial charge in [-0.15, -0.1) is 0 Å². The van der Waals surface area contributed by atoms with Crippen LogP contribution in [0.2, 0.25) is 0 Å². The van der Waals surface area contributed by atoms with E-state index in [4.69, 9.17) is 4.74 Å². The van der Waals surface area contributed by atoms with E-state index in [9.17, 15) is 0 Å². The first-order valence-corrected chi connectivity index (χ1v) is 6.41. The SMILES string of the molecule is COCC(C(C)C)n1c(C)nc2c1CCNC2. The van der Waals surface area contributed by atoms with Gasteiger partial charge >= 0.3 is 0 Å². The molecule has 0 amide bonds.